The Kier molecular flexibility index (Phi) is 6.97. The van der Waals surface area contributed by atoms with Crippen LogP contribution in [0.25, 0.3) is 0 Å². The summed E-state index contributed by atoms with van der Waals surface area (Å²) < 4.78 is 38.2. The summed E-state index contributed by atoms with van der Waals surface area (Å²) in [5.74, 6) is 1.06. The van der Waals surface area contributed by atoms with Crippen LogP contribution >= 0.6 is 0 Å². The number of carbonyl (C=O) groups is 1. The zero-order valence-electron chi connectivity index (χ0n) is 17.7. The molecule has 0 spiro atoms. The fourth-order valence-corrected chi connectivity index (χ4v) is 4.15. The van der Waals surface area contributed by atoms with E-state index in [1.165, 1.54) is 18.3 Å². The molecule has 0 aliphatic carbocycles. The van der Waals surface area contributed by atoms with Gasteiger partial charge in [-0.15, -0.1) is 0 Å². The third-order valence-electron chi connectivity index (χ3n) is 4.76. The minimum atomic E-state index is -3.64. The van der Waals surface area contributed by atoms with Crippen molar-refractivity contribution in [3.63, 3.8) is 0 Å². The molecular formula is C24H25NO5S. The Morgan fingerprint density at radius 2 is 1.48 bits per heavy atom. The number of benzene rings is 3. The minimum absolute atomic E-state index is 0.0585. The van der Waals surface area contributed by atoms with Gasteiger partial charge in [-0.2, -0.15) is 0 Å². The lowest BCUT2D eigenvalue weighted by molar-refractivity contribution is 0.101. The maximum Gasteiger partial charge on any atom is 0.264 e. The second-order valence-corrected chi connectivity index (χ2v) is 9.00. The number of sulfonamides is 1. The maximum atomic E-state index is 12.8. The number of nitrogens with zero attached hydrogens (tertiary/aromatic N) is 1. The lowest BCUT2D eigenvalue weighted by Gasteiger charge is -2.20. The van der Waals surface area contributed by atoms with Crippen LogP contribution < -0.4 is 13.8 Å². The molecule has 7 heteroatoms. The quantitative estimate of drug-likeness (QED) is 0.363. The zero-order valence-corrected chi connectivity index (χ0v) is 18.6. The third-order valence-corrected chi connectivity index (χ3v) is 6.56. The third kappa shape index (κ3) is 5.44. The standard InChI is InChI=1S/C24H25NO5S/c1-18-8-14-22(15-9-18)31(27,28)25(3)20-10-12-21(13-11-20)29-16-17-30-24-7-5-4-6-23(24)19(2)26/h4-15H,16-17H2,1-3H3. The van der Waals surface area contributed by atoms with Crippen LogP contribution in [-0.4, -0.2) is 34.5 Å². The monoisotopic (exact) mass is 439 g/mol. The van der Waals surface area contributed by atoms with Gasteiger partial charge in [-0.05, 0) is 62.4 Å². The van der Waals surface area contributed by atoms with E-state index in [1.807, 2.05) is 13.0 Å². The largest absolute Gasteiger partial charge is 0.490 e. The number of carbonyl (C=O) groups excluding carboxylic acids is 1. The van der Waals surface area contributed by atoms with Crippen molar-refractivity contribution in [3.8, 4) is 11.5 Å². The molecule has 0 radical (unpaired) electrons. The highest BCUT2D eigenvalue weighted by Gasteiger charge is 2.21. The molecule has 0 saturated carbocycles. The highest BCUT2D eigenvalue weighted by molar-refractivity contribution is 7.92. The van der Waals surface area contributed by atoms with Gasteiger partial charge in [0.15, 0.2) is 5.78 Å². The Hall–Kier alpha value is -3.32. The van der Waals surface area contributed by atoms with E-state index < -0.39 is 10.0 Å². The van der Waals surface area contributed by atoms with Crippen molar-refractivity contribution < 1.29 is 22.7 Å². The smallest absolute Gasteiger partial charge is 0.264 e. The summed E-state index contributed by atoms with van der Waals surface area (Å²) in [6, 6.07) is 20.6. The number of hydrogen-bond acceptors (Lipinski definition) is 5. The highest BCUT2D eigenvalue weighted by Crippen LogP contribution is 2.25. The molecule has 0 atom stereocenters. The summed E-state index contributed by atoms with van der Waals surface area (Å²) in [4.78, 5) is 11.9. The molecule has 162 valence electrons. The molecule has 0 saturated heterocycles. The molecule has 0 aliphatic rings. The van der Waals surface area contributed by atoms with E-state index in [9.17, 15) is 13.2 Å². The number of ketones is 1. The van der Waals surface area contributed by atoms with Crippen molar-refractivity contribution in [3.05, 3.63) is 83.9 Å². The van der Waals surface area contributed by atoms with Crippen LogP contribution in [-0.2, 0) is 10.0 Å². The van der Waals surface area contributed by atoms with Gasteiger partial charge in [0.1, 0.15) is 24.7 Å². The number of rotatable bonds is 9. The van der Waals surface area contributed by atoms with Crippen LogP contribution in [0.1, 0.15) is 22.8 Å². The molecule has 0 N–H and O–H groups in total. The van der Waals surface area contributed by atoms with Crippen molar-refractivity contribution >= 4 is 21.5 Å². The second kappa shape index (κ2) is 9.66. The Bertz CT molecular complexity index is 1140. The summed E-state index contributed by atoms with van der Waals surface area (Å²) in [6.07, 6.45) is 0. The summed E-state index contributed by atoms with van der Waals surface area (Å²) in [5.41, 5.74) is 2.06. The molecule has 0 fully saturated rings. The predicted molar refractivity (Wildman–Crippen MR) is 121 cm³/mol. The molecule has 3 rings (SSSR count). The van der Waals surface area contributed by atoms with Gasteiger partial charge >= 0.3 is 0 Å². The van der Waals surface area contributed by atoms with E-state index in [0.29, 0.717) is 22.7 Å². The molecule has 3 aromatic rings. The van der Waals surface area contributed by atoms with Crippen LogP contribution in [0.3, 0.4) is 0 Å². The SMILES string of the molecule is CC(=O)c1ccccc1OCCOc1ccc(N(C)S(=O)(=O)c2ccc(C)cc2)cc1. The number of anilines is 1. The number of ether oxygens (including phenoxy) is 2. The second-order valence-electron chi connectivity index (χ2n) is 7.03. The van der Waals surface area contributed by atoms with Gasteiger partial charge in [0, 0.05) is 7.05 Å². The van der Waals surface area contributed by atoms with Crippen LogP contribution in [0, 0.1) is 6.92 Å². The summed E-state index contributed by atoms with van der Waals surface area (Å²) >= 11 is 0. The van der Waals surface area contributed by atoms with Crippen LogP contribution in [0.4, 0.5) is 5.69 Å². The molecule has 31 heavy (non-hydrogen) atoms. The van der Waals surface area contributed by atoms with E-state index in [2.05, 4.69) is 0 Å². The molecule has 0 bridgehead atoms. The fourth-order valence-electron chi connectivity index (χ4n) is 2.95. The van der Waals surface area contributed by atoms with Crippen LogP contribution in [0.2, 0.25) is 0 Å². The Labute approximate surface area is 183 Å². The number of para-hydroxylation sites is 1. The molecule has 0 amide bonds. The highest BCUT2D eigenvalue weighted by atomic mass is 32.2. The zero-order chi connectivity index (χ0) is 22.4. The van der Waals surface area contributed by atoms with E-state index in [1.54, 1.807) is 66.7 Å². The average Bonchev–Trinajstić information content (AvgIpc) is 2.77. The predicted octanol–water partition coefficient (Wildman–Crippen LogP) is 4.48. The maximum absolute atomic E-state index is 12.8. The van der Waals surface area contributed by atoms with Crippen molar-refractivity contribution in [2.45, 2.75) is 18.7 Å². The van der Waals surface area contributed by atoms with Gasteiger partial charge in [-0.25, -0.2) is 8.42 Å². The van der Waals surface area contributed by atoms with Crippen molar-refractivity contribution in [1.82, 2.24) is 0 Å². The van der Waals surface area contributed by atoms with Gasteiger partial charge in [0.2, 0.25) is 0 Å². The minimum Gasteiger partial charge on any atom is -0.490 e. The van der Waals surface area contributed by atoms with Crippen molar-refractivity contribution in [2.75, 3.05) is 24.6 Å². The summed E-state index contributed by atoms with van der Waals surface area (Å²) in [6.45, 7) is 3.96. The van der Waals surface area contributed by atoms with Gasteiger partial charge in [0.05, 0.1) is 16.1 Å². The fraction of sp³-hybridized carbons (Fsp3) is 0.208. The first kappa shape index (κ1) is 22.4. The van der Waals surface area contributed by atoms with Gasteiger partial charge in [-0.1, -0.05) is 29.8 Å². The van der Waals surface area contributed by atoms with Crippen molar-refractivity contribution in [2.24, 2.45) is 0 Å². The summed E-state index contributed by atoms with van der Waals surface area (Å²) in [7, 11) is -2.12. The molecule has 0 aromatic heterocycles. The first-order valence-electron chi connectivity index (χ1n) is 9.80. The van der Waals surface area contributed by atoms with E-state index in [-0.39, 0.29) is 23.9 Å². The molecule has 3 aromatic carbocycles. The van der Waals surface area contributed by atoms with Gasteiger partial charge in [-0.3, -0.25) is 9.10 Å². The topological polar surface area (TPSA) is 72.9 Å². The lowest BCUT2D eigenvalue weighted by atomic mass is 10.1. The van der Waals surface area contributed by atoms with Crippen LogP contribution in [0.5, 0.6) is 11.5 Å². The van der Waals surface area contributed by atoms with E-state index in [0.717, 1.165) is 5.56 Å². The van der Waals surface area contributed by atoms with Gasteiger partial charge in [0.25, 0.3) is 10.0 Å². The number of hydrogen-bond donors (Lipinski definition) is 0. The van der Waals surface area contributed by atoms with E-state index in [4.69, 9.17) is 9.47 Å². The first-order chi connectivity index (χ1) is 14.8. The number of aryl methyl sites for hydroxylation is 1. The Morgan fingerprint density at radius 3 is 2.13 bits per heavy atom. The molecule has 0 unspecified atom stereocenters. The van der Waals surface area contributed by atoms with Gasteiger partial charge < -0.3 is 9.47 Å². The van der Waals surface area contributed by atoms with Crippen molar-refractivity contribution in [1.29, 1.82) is 0 Å². The molecule has 0 heterocycles. The van der Waals surface area contributed by atoms with E-state index >= 15 is 0 Å². The normalized spacial score (nSPS) is 11.1. The summed E-state index contributed by atoms with van der Waals surface area (Å²) in [5, 5.41) is 0. The Balaban J connectivity index is 1.58. The molecule has 6 nitrogen and oxygen atoms in total. The lowest BCUT2D eigenvalue weighted by Crippen LogP contribution is -2.26. The average molecular weight is 440 g/mol. The Morgan fingerprint density at radius 1 is 0.871 bits per heavy atom. The molecule has 0 aliphatic heterocycles. The van der Waals surface area contributed by atoms with Crippen LogP contribution in [0.15, 0.2) is 77.7 Å². The number of Topliss-reactive ketones (excluding diaryl/α,β-unsaturated/α-hetero) is 1. The first-order valence-corrected chi connectivity index (χ1v) is 11.2. The molecular weight excluding hydrogens is 414 g/mol.